The summed E-state index contributed by atoms with van der Waals surface area (Å²) in [7, 11) is 0. The number of benzene rings is 1. The molecule has 1 aliphatic rings. The zero-order valence-corrected chi connectivity index (χ0v) is 14.0. The molecule has 27 heavy (non-hydrogen) atoms. The van der Waals surface area contributed by atoms with E-state index in [0.717, 1.165) is 0 Å². The summed E-state index contributed by atoms with van der Waals surface area (Å²) in [5.74, 6) is -0.539. The van der Waals surface area contributed by atoms with Gasteiger partial charge >= 0.3 is 0 Å². The van der Waals surface area contributed by atoms with Gasteiger partial charge in [-0.2, -0.15) is 0 Å². The number of hydrogen-bond acceptors (Lipinski definition) is 9. The van der Waals surface area contributed by atoms with Gasteiger partial charge in [-0.15, -0.1) is 0 Å². The molecular formula is C17H17N5O5. The van der Waals surface area contributed by atoms with Gasteiger partial charge < -0.3 is 25.8 Å². The first-order valence-electron chi connectivity index (χ1n) is 8.23. The van der Waals surface area contributed by atoms with E-state index in [-0.39, 0.29) is 22.8 Å². The first-order valence-corrected chi connectivity index (χ1v) is 8.23. The van der Waals surface area contributed by atoms with E-state index in [4.69, 9.17) is 10.5 Å². The Bertz CT molecular complexity index is 992. The van der Waals surface area contributed by atoms with Gasteiger partial charge in [0.1, 0.15) is 23.8 Å². The fourth-order valence-electron chi connectivity index (χ4n) is 3.05. The topological polar surface area (TPSA) is 157 Å². The second-order valence-corrected chi connectivity index (χ2v) is 6.18. The van der Waals surface area contributed by atoms with Gasteiger partial charge in [-0.3, -0.25) is 9.36 Å². The van der Waals surface area contributed by atoms with E-state index in [9.17, 15) is 20.1 Å². The minimum Gasteiger partial charge on any atom is -0.394 e. The van der Waals surface area contributed by atoms with Crippen molar-refractivity contribution in [2.75, 3.05) is 12.3 Å². The molecule has 0 amide bonds. The number of aromatic nitrogens is 4. The van der Waals surface area contributed by atoms with Crippen molar-refractivity contribution in [2.24, 2.45) is 0 Å². The molecule has 0 aliphatic carbocycles. The number of nitrogens with zero attached hydrogens (tertiary/aromatic N) is 4. The third kappa shape index (κ3) is 2.84. The number of anilines is 1. The summed E-state index contributed by atoms with van der Waals surface area (Å²) in [4.78, 5) is 25.0. The highest BCUT2D eigenvalue weighted by Crippen LogP contribution is 2.32. The summed E-state index contributed by atoms with van der Waals surface area (Å²) in [6.07, 6.45) is -3.26. The lowest BCUT2D eigenvalue weighted by molar-refractivity contribution is -0.0511. The minimum absolute atomic E-state index is 0.00442. The summed E-state index contributed by atoms with van der Waals surface area (Å²) < 4.78 is 6.86. The molecule has 1 aliphatic heterocycles. The Kier molecular flexibility index (Phi) is 4.32. The number of carbonyl (C=O) groups excluding carboxylic acids is 1. The number of nitrogen functional groups attached to an aromatic ring is 1. The molecule has 0 spiro atoms. The lowest BCUT2D eigenvalue weighted by atomic mass is 10.1. The Balaban J connectivity index is 1.78. The molecule has 1 fully saturated rings. The van der Waals surface area contributed by atoms with Gasteiger partial charge in [-0.25, -0.2) is 15.0 Å². The standard InChI is InChI=1S/C17H17N5O5/c18-14-10-16(21-15(20-14)11(24)8-4-2-1-3-5-8)22(7-19-10)17-13(26)12(25)9(6-23)27-17/h1-5,7,9,12-13,17,23,25-26H,6H2,(H2,18,20,21)/t9-,12-,13+,17?/m1/s1. The van der Waals surface area contributed by atoms with Crippen molar-refractivity contribution >= 4 is 22.8 Å². The smallest absolute Gasteiger partial charge is 0.230 e. The lowest BCUT2D eigenvalue weighted by Gasteiger charge is -2.16. The first-order chi connectivity index (χ1) is 13.0. The van der Waals surface area contributed by atoms with Crippen LogP contribution in [0.1, 0.15) is 22.4 Å². The number of imidazole rings is 1. The third-order valence-corrected chi connectivity index (χ3v) is 4.48. The van der Waals surface area contributed by atoms with Crippen molar-refractivity contribution in [3.05, 3.63) is 48.0 Å². The van der Waals surface area contributed by atoms with E-state index in [0.29, 0.717) is 5.56 Å². The number of ketones is 1. The second kappa shape index (κ2) is 6.67. The molecule has 5 N–H and O–H groups in total. The van der Waals surface area contributed by atoms with Gasteiger partial charge in [0.2, 0.25) is 11.6 Å². The predicted molar refractivity (Wildman–Crippen MR) is 92.6 cm³/mol. The minimum atomic E-state index is -1.32. The van der Waals surface area contributed by atoms with Crippen LogP contribution in [0.3, 0.4) is 0 Å². The third-order valence-electron chi connectivity index (χ3n) is 4.48. The molecule has 3 heterocycles. The number of carbonyl (C=O) groups is 1. The SMILES string of the molecule is Nc1nc(C(=O)c2ccccc2)nc2c1ncn2C1O[C@H](CO)[C@@H](O)[C@@H]1O. The van der Waals surface area contributed by atoms with Gasteiger partial charge in [-0.05, 0) is 0 Å². The van der Waals surface area contributed by atoms with Crippen LogP contribution in [0.25, 0.3) is 11.2 Å². The molecule has 10 nitrogen and oxygen atoms in total. The summed E-state index contributed by atoms with van der Waals surface area (Å²) >= 11 is 0. The van der Waals surface area contributed by atoms with Crippen molar-refractivity contribution in [3.8, 4) is 0 Å². The van der Waals surface area contributed by atoms with E-state index in [1.54, 1.807) is 30.3 Å². The molecule has 0 saturated carbocycles. The maximum atomic E-state index is 12.6. The van der Waals surface area contributed by atoms with Crippen LogP contribution >= 0.6 is 0 Å². The van der Waals surface area contributed by atoms with E-state index in [2.05, 4.69) is 15.0 Å². The summed E-state index contributed by atoms with van der Waals surface area (Å²) in [5, 5.41) is 29.5. The number of aliphatic hydroxyl groups is 3. The molecule has 1 aromatic carbocycles. The van der Waals surface area contributed by atoms with E-state index >= 15 is 0 Å². The summed E-state index contributed by atoms with van der Waals surface area (Å²) in [5.41, 5.74) is 6.74. The predicted octanol–water partition coefficient (Wildman–Crippen LogP) is -0.749. The lowest BCUT2D eigenvalue weighted by Crippen LogP contribution is -2.33. The van der Waals surface area contributed by atoms with E-state index in [1.165, 1.54) is 10.9 Å². The molecule has 0 radical (unpaired) electrons. The number of fused-ring (bicyclic) bond motifs is 1. The molecule has 1 saturated heterocycles. The van der Waals surface area contributed by atoms with Crippen LogP contribution in [-0.2, 0) is 4.74 Å². The van der Waals surface area contributed by atoms with Gasteiger partial charge in [0.25, 0.3) is 0 Å². The number of ether oxygens (including phenoxy) is 1. The highest BCUT2D eigenvalue weighted by molar-refractivity contribution is 6.07. The molecule has 10 heteroatoms. The zero-order chi connectivity index (χ0) is 19.1. The van der Waals surface area contributed by atoms with Crippen molar-refractivity contribution in [1.82, 2.24) is 19.5 Å². The molecule has 0 bridgehead atoms. The largest absolute Gasteiger partial charge is 0.394 e. The van der Waals surface area contributed by atoms with Gasteiger partial charge in [0.05, 0.1) is 12.9 Å². The zero-order valence-electron chi connectivity index (χ0n) is 14.0. The Morgan fingerprint density at radius 3 is 2.59 bits per heavy atom. The maximum absolute atomic E-state index is 12.6. The Morgan fingerprint density at radius 1 is 1.19 bits per heavy atom. The molecule has 3 aromatic rings. The number of aliphatic hydroxyl groups excluding tert-OH is 3. The average Bonchev–Trinajstić information content (AvgIpc) is 3.23. The fraction of sp³-hybridized carbons (Fsp3) is 0.294. The van der Waals surface area contributed by atoms with Crippen LogP contribution in [0, 0.1) is 0 Å². The molecule has 1 unspecified atom stereocenters. The Morgan fingerprint density at radius 2 is 1.93 bits per heavy atom. The summed E-state index contributed by atoms with van der Waals surface area (Å²) in [6.45, 7) is -0.462. The van der Waals surface area contributed by atoms with Crippen LogP contribution in [0.15, 0.2) is 36.7 Å². The molecule has 2 aromatic heterocycles. The van der Waals surface area contributed by atoms with Crippen LogP contribution in [-0.4, -0.2) is 65.5 Å². The number of hydrogen-bond donors (Lipinski definition) is 4. The van der Waals surface area contributed by atoms with Crippen molar-refractivity contribution in [3.63, 3.8) is 0 Å². The maximum Gasteiger partial charge on any atom is 0.230 e. The van der Waals surface area contributed by atoms with Crippen molar-refractivity contribution in [1.29, 1.82) is 0 Å². The van der Waals surface area contributed by atoms with Crippen LogP contribution in [0.2, 0.25) is 0 Å². The molecule has 140 valence electrons. The van der Waals surface area contributed by atoms with Crippen LogP contribution < -0.4 is 5.73 Å². The Labute approximate surface area is 152 Å². The van der Waals surface area contributed by atoms with E-state index in [1.807, 2.05) is 0 Å². The van der Waals surface area contributed by atoms with Gasteiger partial charge in [-0.1, -0.05) is 30.3 Å². The van der Waals surface area contributed by atoms with Crippen LogP contribution in [0.5, 0.6) is 0 Å². The highest BCUT2D eigenvalue weighted by Gasteiger charge is 2.44. The molecule has 4 rings (SSSR count). The number of rotatable bonds is 4. The highest BCUT2D eigenvalue weighted by atomic mass is 16.6. The van der Waals surface area contributed by atoms with Gasteiger partial charge in [0.15, 0.2) is 17.7 Å². The molecular weight excluding hydrogens is 354 g/mol. The fourth-order valence-corrected chi connectivity index (χ4v) is 3.05. The number of nitrogens with two attached hydrogens (primary N) is 1. The van der Waals surface area contributed by atoms with Crippen molar-refractivity contribution < 1.29 is 24.9 Å². The monoisotopic (exact) mass is 371 g/mol. The van der Waals surface area contributed by atoms with Gasteiger partial charge in [0, 0.05) is 5.56 Å². The van der Waals surface area contributed by atoms with Crippen LogP contribution in [0.4, 0.5) is 5.82 Å². The normalized spacial score (nSPS) is 25.1. The quantitative estimate of drug-likeness (QED) is 0.433. The second-order valence-electron chi connectivity index (χ2n) is 6.18. The van der Waals surface area contributed by atoms with E-state index < -0.39 is 36.9 Å². The molecule has 4 atom stereocenters. The first kappa shape index (κ1) is 17.5. The summed E-state index contributed by atoms with van der Waals surface area (Å²) in [6, 6.07) is 8.49. The average molecular weight is 371 g/mol. The Hall–Kier alpha value is -2.92. The van der Waals surface area contributed by atoms with Crippen molar-refractivity contribution in [2.45, 2.75) is 24.5 Å².